The Bertz CT molecular complexity index is 900. The van der Waals surface area contributed by atoms with Gasteiger partial charge in [0.05, 0.1) is 6.61 Å². The highest BCUT2D eigenvalue weighted by molar-refractivity contribution is 14.0. The fourth-order valence-corrected chi connectivity index (χ4v) is 2.68. The molecule has 0 aliphatic carbocycles. The number of primary amides is 1. The Morgan fingerprint density at radius 3 is 2.50 bits per heavy atom. The first-order valence-electron chi connectivity index (χ1n) is 9.57. The number of aliphatic imine (C=N–C) groups is 1. The van der Waals surface area contributed by atoms with Crippen LogP contribution in [-0.2, 0) is 17.9 Å². The van der Waals surface area contributed by atoms with Gasteiger partial charge in [-0.3, -0.25) is 9.79 Å². The van der Waals surface area contributed by atoms with Gasteiger partial charge >= 0.3 is 6.61 Å². The highest BCUT2D eigenvalue weighted by Crippen LogP contribution is 2.32. The van der Waals surface area contributed by atoms with Crippen LogP contribution in [-0.4, -0.2) is 38.7 Å². The van der Waals surface area contributed by atoms with E-state index < -0.39 is 12.5 Å². The maximum absolute atomic E-state index is 12.9. The molecule has 0 heterocycles. The van der Waals surface area contributed by atoms with Crippen LogP contribution in [0.15, 0.2) is 47.5 Å². The van der Waals surface area contributed by atoms with Gasteiger partial charge in [0.2, 0.25) is 0 Å². The fourth-order valence-electron chi connectivity index (χ4n) is 2.68. The van der Waals surface area contributed by atoms with Gasteiger partial charge in [0.25, 0.3) is 5.91 Å². The van der Waals surface area contributed by atoms with Crippen molar-refractivity contribution in [2.45, 2.75) is 26.6 Å². The maximum atomic E-state index is 12.9. The smallest absolute Gasteiger partial charge is 0.387 e. The Morgan fingerprint density at radius 2 is 1.84 bits per heavy atom. The molecule has 32 heavy (non-hydrogen) atoms. The van der Waals surface area contributed by atoms with E-state index in [1.165, 1.54) is 0 Å². The molecule has 2 rings (SSSR count). The number of nitrogens with two attached hydrogens (primary N) is 1. The van der Waals surface area contributed by atoms with E-state index in [9.17, 15) is 13.6 Å². The number of hydrogen-bond donors (Lipinski definition) is 3. The van der Waals surface area contributed by atoms with E-state index in [0.717, 1.165) is 5.56 Å². The van der Waals surface area contributed by atoms with Gasteiger partial charge in [0.1, 0.15) is 5.75 Å². The average Bonchev–Trinajstić information content (AvgIpc) is 2.74. The number of rotatable bonds is 11. The topological polar surface area (TPSA) is 107 Å². The summed E-state index contributed by atoms with van der Waals surface area (Å²) in [6.07, 6.45) is 0. The Labute approximate surface area is 202 Å². The van der Waals surface area contributed by atoms with Crippen LogP contribution in [0.5, 0.6) is 17.2 Å². The number of nitrogens with one attached hydrogen (secondary N) is 2. The molecule has 0 atom stereocenters. The summed E-state index contributed by atoms with van der Waals surface area (Å²) in [4.78, 5) is 15.0. The van der Waals surface area contributed by atoms with Crippen LogP contribution in [0, 0.1) is 0 Å². The van der Waals surface area contributed by atoms with Crippen LogP contribution >= 0.6 is 24.0 Å². The van der Waals surface area contributed by atoms with Crippen molar-refractivity contribution in [1.82, 2.24) is 10.6 Å². The molecule has 11 heteroatoms. The molecule has 0 saturated heterocycles. The monoisotopic (exact) mass is 564 g/mol. The Hall–Kier alpha value is -2.83. The van der Waals surface area contributed by atoms with E-state index in [-0.39, 0.29) is 48.6 Å². The number of para-hydroxylation sites is 1. The summed E-state index contributed by atoms with van der Waals surface area (Å²) in [6.45, 7) is -0.498. The van der Waals surface area contributed by atoms with Crippen molar-refractivity contribution in [3.05, 3.63) is 53.6 Å². The number of carbonyl (C=O) groups is 1. The van der Waals surface area contributed by atoms with E-state index in [4.69, 9.17) is 15.2 Å². The summed E-state index contributed by atoms with van der Waals surface area (Å²) >= 11 is 0. The predicted octanol–water partition coefficient (Wildman–Crippen LogP) is 3.03. The zero-order valence-electron chi connectivity index (χ0n) is 17.8. The minimum absolute atomic E-state index is 0. The third-order valence-corrected chi connectivity index (χ3v) is 3.98. The highest BCUT2D eigenvalue weighted by Gasteiger charge is 2.16. The van der Waals surface area contributed by atoms with Crippen LogP contribution < -0.4 is 30.6 Å². The van der Waals surface area contributed by atoms with Crippen molar-refractivity contribution < 1.29 is 27.8 Å². The minimum Gasteiger partial charge on any atom is -0.490 e. The van der Waals surface area contributed by atoms with Crippen LogP contribution in [0.3, 0.4) is 0 Å². The second-order valence-electron chi connectivity index (χ2n) is 6.24. The van der Waals surface area contributed by atoms with Gasteiger partial charge in [-0.15, -0.1) is 24.0 Å². The molecule has 0 radical (unpaired) electrons. The quantitative estimate of drug-likeness (QED) is 0.220. The second kappa shape index (κ2) is 14.3. The Balaban J connectivity index is 0.00000512. The van der Waals surface area contributed by atoms with Crippen LogP contribution in [0.2, 0.25) is 0 Å². The molecule has 1 amide bonds. The standard InChI is InChI=1S/C21H26F2N4O4.HI/c1-3-29-17-9-5-7-15(19(17)31-20(22)23)12-27-21(25-2)26-11-14-6-4-8-16(10-14)30-13-18(24)28;/h4-10,20H,3,11-13H2,1-2H3,(H2,24,28)(H2,25,26,27);1H. The van der Waals surface area contributed by atoms with E-state index in [1.807, 2.05) is 6.07 Å². The molecular formula is C21H27F2IN4O4. The molecule has 0 saturated carbocycles. The lowest BCUT2D eigenvalue weighted by molar-refractivity contribution is -0.119. The van der Waals surface area contributed by atoms with Crippen molar-refractivity contribution in [3.8, 4) is 17.2 Å². The molecule has 0 bridgehead atoms. The lowest BCUT2D eigenvalue weighted by Gasteiger charge is -2.17. The molecule has 4 N–H and O–H groups in total. The second-order valence-corrected chi connectivity index (χ2v) is 6.24. The van der Waals surface area contributed by atoms with Gasteiger partial charge in [-0.2, -0.15) is 8.78 Å². The number of ether oxygens (including phenoxy) is 3. The minimum atomic E-state index is -2.97. The first-order valence-corrected chi connectivity index (χ1v) is 9.57. The lowest BCUT2D eigenvalue weighted by Crippen LogP contribution is -2.36. The molecule has 0 spiro atoms. The summed E-state index contributed by atoms with van der Waals surface area (Å²) in [5.74, 6) is 0.645. The summed E-state index contributed by atoms with van der Waals surface area (Å²) in [5.41, 5.74) is 6.46. The van der Waals surface area contributed by atoms with E-state index in [2.05, 4.69) is 20.4 Å². The van der Waals surface area contributed by atoms with Gasteiger partial charge in [-0.25, -0.2) is 0 Å². The predicted molar refractivity (Wildman–Crippen MR) is 128 cm³/mol. The number of hydrogen-bond acceptors (Lipinski definition) is 5. The van der Waals surface area contributed by atoms with Crippen molar-refractivity contribution >= 4 is 35.8 Å². The van der Waals surface area contributed by atoms with Crippen molar-refractivity contribution in [3.63, 3.8) is 0 Å². The number of nitrogens with zero attached hydrogens (tertiary/aromatic N) is 1. The lowest BCUT2D eigenvalue weighted by atomic mass is 10.2. The van der Waals surface area contributed by atoms with Crippen LogP contribution in [0.1, 0.15) is 18.1 Å². The first-order chi connectivity index (χ1) is 14.9. The molecule has 176 valence electrons. The van der Waals surface area contributed by atoms with Crippen molar-refractivity contribution in [1.29, 1.82) is 0 Å². The molecule has 0 fully saturated rings. The fraction of sp³-hybridized carbons (Fsp3) is 0.333. The molecule has 8 nitrogen and oxygen atoms in total. The molecule has 0 unspecified atom stereocenters. The molecule has 0 aliphatic heterocycles. The SMILES string of the molecule is CCOc1cccc(CNC(=NC)NCc2cccc(OCC(N)=O)c2)c1OC(F)F.I. The molecule has 2 aromatic rings. The van der Waals surface area contributed by atoms with Gasteiger partial charge in [0, 0.05) is 25.7 Å². The summed E-state index contributed by atoms with van der Waals surface area (Å²) in [6, 6.07) is 12.1. The molecular weight excluding hydrogens is 537 g/mol. The van der Waals surface area contributed by atoms with Crippen LogP contribution in [0.4, 0.5) is 8.78 Å². The van der Waals surface area contributed by atoms with Crippen molar-refractivity contribution in [2.24, 2.45) is 10.7 Å². The Kier molecular flexibility index (Phi) is 12.1. The summed E-state index contributed by atoms with van der Waals surface area (Å²) in [5, 5.41) is 6.18. The maximum Gasteiger partial charge on any atom is 0.387 e. The highest BCUT2D eigenvalue weighted by atomic mass is 127. The van der Waals surface area contributed by atoms with E-state index >= 15 is 0 Å². The molecule has 2 aromatic carbocycles. The zero-order chi connectivity index (χ0) is 22.6. The van der Waals surface area contributed by atoms with Gasteiger partial charge in [-0.05, 0) is 30.7 Å². The average molecular weight is 564 g/mol. The number of alkyl halides is 2. The Morgan fingerprint density at radius 1 is 1.12 bits per heavy atom. The van der Waals surface area contributed by atoms with Crippen molar-refractivity contribution in [2.75, 3.05) is 20.3 Å². The van der Waals surface area contributed by atoms with Crippen LogP contribution in [0.25, 0.3) is 0 Å². The first kappa shape index (κ1) is 27.2. The largest absolute Gasteiger partial charge is 0.490 e. The van der Waals surface area contributed by atoms with Gasteiger partial charge in [0.15, 0.2) is 24.1 Å². The number of halogens is 3. The number of carbonyl (C=O) groups excluding carboxylic acids is 1. The van der Waals surface area contributed by atoms with E-state index in [0.29, 0.717) is 30.4 Å². The third-order valence-electron chi connectivity index (χ3n) is 3.98. The normalized spacial score (nSPS) is 10.8. The summed E-state index contributed by atoms with van der Waals surface area (Å²) < 4.78 is 41.1. The number of amides is 1. The molecule has 0 aliphatic rings. The van der Waals surface area contributed by atoms with Gasteiger partial charge < -0.3 is 30.6 Å². The number of benzene rings is 2. The van der Waals surface area contributed by atoms with E-state index in [1.54, 1.807) is 50.4 Å². The van der Waals surface area contributed by atoms with Gasteiger partial charge in [-0.1, -0.05) is 24.3 Å². The molecule has 0 aromatic heterocycles. The third kappa shape index (κ3) is 9.12. The summed E-state index contributed by atoms with van der Waals surface area (Å²) in [7, 11) is 1.59. The number of guanidine groups is 1. The zero-order valence-corrected chi connectivity index (χ0v) is 20.1.